The minimum atomic E-state index is -0.816. The Morgan fingerprint density at radius 1 is 1.08 bits per heavy atom. The van der Waals surface area contributed by atoms with E-state index in [0.29, 0.717) is 6.54 Å². The molecule has 0 bridgehead atoms. The number of para-hydroxylation sites is 1. The van der Waals surface area contributed by atoms with Crippen LogP contribution in [-0.2, 0) is 20.7 Å². The van der Waals surface area contributed by atoms with E-state index >= 15 is 0 Å². The number of ether oxygens (including phenoxy) is 1. The summed E-state index contributed by atoms with van der Waals surface area (Å²) in [6.45, 7) is 2.23. The predicted molar refractivity (Wildman–Crippen MR) is 93.5 cm³/mol. The van der Waals surface area contributed by atoms with E-state index in [0.717, 1.165) is 23.2 Å². The van der Waals surface area contributed by atoms with E-state index in [9.17, 15) is 9.59 Å². The van der Waals surface area contributed by atoms with Gasteiger partial charge in [-0.05, 0) is 36.6 Å². The smallest absolute Gasteiger partial charge is 0.331 e. The Kier molecular flexibility index (Phi) is 4.75. The van der Waals surface area contributed by atoms with Crippen LogP contribution in [0.3, 0.4) is 0 Å². The number of esters is 1. The SMILES string of the molecule is C[C@@H](OC(=O)/C=C/c1ccccc1)C(=O)N1CCc2ccccc21. The third-order valence-electron chi connectivity index (χ3n) is 4.01. The van der Waals surface area contributed by atoms with Crippen molar-refractivity contribution in [3.63, 3.8) is 0 Å². The molecule has 0 fully saturated rings. The van der Waals surface area contributed by atoms with Crippen LogP contribution in [0, 0.1) is 0 Å². The number of rotatable bonds is 4. The predicted octanol–water partition coefficient (Wildman–Crippen LogP) is 3.22. The number of benzene rings is 2. The molecule has 0 saturated carbocycles. The van der Waals surface area contributed by atoms with E-state index < -0.39 is 12.1 Å². The van der Waals surface area contributed by atoms with Crippen LogP contribution in [0.4, 0.5) is 5.69 Å². The molecule has 1 atom stereocenters. The molecule has 2 aromatic carbocycles. The van der Waals surface area contributed by atoms with Gasteiger partial charge in [0, 0.05) is 18.3 Å². The first-order valence-electron chi connectivity index (χ1n) is 7.98. The van der Waals surface area contributed by atoms with Crippen molar-refractivity contribution in [3.8, 4) is 0 Å². The first-order chi connectivity index (χ1) is 11.6. The molecule has 0 N–H and O–H groups in total. The van der Waals surface area contributed by atoms with E-state index in [2.05, 4.69) is 0 Å². The fraction of sp³-hybridized carbons (Fsp3) is 0.200. The van der Waals surface area contributed by atoms with Gasteiger partial charge in [-0.2, -0.15) is 0 Å². The number of hydrogen-bond acceptors (Lipinski definition) is 3. The monoisotopic (exact) mass is 321 g/mol. The highest BCUT2D eigenvalue weighted by Crippen LogP contribution is 2.28. The molecular weight excluding hydrogens is 302 g/mol. The molecule has 3 rings (SSSR count). The number of anilines is 1. The summed E-state index contributed by atoms with van der Waals surface area (Å²) >= 11 is 0. The molecule has 0 aromatic heterocycles. The van der Waals surface area contributed by atoms with Crippen molar-refractivity contribution >= 4 is 23.6 Å². The molecule has 1 heterocycles. The van der Waals surface area contributed by atoms with Crippen molar-refractivity contribution in [1.29, 1.82) is 0 Å². The van der Waals surface area contributed by atoms with Crippen LogP contribution < -0.4 is 4.90 Å². The third kappa shape index (κ3) is 3.54. The average molecular weight is 321 g/mol. The first kappa shape index (κ1) is 16.0. The summed E-state index contributed by atoms with van der Waals surface area (Å²) in [6.07, 6.45) is 3.03. The fourth-order valence-corrected chi connectivity index (χ4v) is 2.78. The van der Waals surface area contributed by atoms with E-state index in [1.807, 2.05) is 54.6 Å². The number of carbonyl (C=O) groups excluding carboxylic acids is 2. The van der Waals surface area contributed by atoms with Crippen LogP contribution in [0.1, 0.15) is 18.1 Å². The summed E-state index contributed by atoms with van der Waals surface area (Å²) in [7, 11) is 0. The van der Waals surface area contributed by atoms with Gasteiger partial charge in [-0.3, -0.25) is 4.79 Å². The topological polar surface area (TPSA) is 46.6 Å². The molecule has 4 nitrogen and oxygen atoms in total. The van der Waals surface area contributed by atoms with Crippen LogP contribution in [0.5, 0.6) is 0 Å². The molecular formula is C20H19NO3. The zero-order valence-electron chi connectivity index (χ0n) is 13.5. The minimum absolute atomic E-state index is 0.193. The van der Waals surface area contributed by atoms with Crippen LogP contribution in [0.25, 0.3) is 6.08 Å². The van der Waals surface area contributed by atoms with Gasteiger partial charge in [-0.25, -0.2) is 4.79 Å². The lowest BCUT2D eigenvalue weighted by atomic mass is 10.2. The van der Waals surface area contributed by atoms with Crippen LogP contribution >= 0.6 is 0 Å². The number of amides is 1. The van der Waals surface area contributed by atoms with Crippen LogP contribution in [-0.4, -0.2) is 24.5 Å². The summed E-state index contributed by atoms with van der Waals surface area (Å²) in [6, 6.07) is 17.3. The molecule has 0 unspecified atom stereocenters. The molecule has 0 saturated heterocycles. The number of hydrogen-bond donors (Lipinski definition) is 0. The van der Waals surface area contributed by atoms with E-state index in [4.69, 9.17) is 4.74 Å². The zero-order chi connectivity index (χ0) is 16.9. The summed E-state index contributed by atoms with van der Waals surface area (Å²) in [5.41, 5.74) is 2.96. The van der Waals surface area contributed by atoms with Crippen molar-refractivity contribution in [2.75, 3.05) is 11.4 Å². The van der Waals surface area contributed by atoms with Crippen LogP contribution in [0.2, 0.25) is 0 Å². The Morgan fingerprint density at radius 3 is 2.58 bits per heavy atom. The van der Waals surface area contributed by atoms with Gasteiger partial charge in [0.05, 0.1) is 0 Å². The standard InChI is InChI=1S/C20H19NO3/c1-15(24-19(22)12-11-16-7-3-2-4-8-16)20(23)21-14-13-17-9-5-6-10-18(17)21/h2-12,15H,13-14H2,1H3/b12-11+/t15-/m1/s1. The van der Waals surface area contributed by atoms with Gasteiger partial charge in [-0.1, -0.05) is 48.5 Å². The maximum Gasteiger partial charge on any atom is 0.331 e. The number of fused-ring (bicyclic) bond motifs is 1. The Morgan fingerprint density at radius 2 is 1.79 bits per heavy atom. The molecule has 122 valence electrons. The van der Waals surface area contributed by atoms with Crippen molar-refractivity contribution in [2.45, 2.75) is 19.4 Å². The largest absolute Gasteiger partial charge is 0.449 e. The molecule has 4 heteroatoms. The highest BCUT2D eigenvalue weighted by atomic mass is 16.5. The third-order valence-corrected chi connectivity index (χ3v) is 4.01. The molecule has 1 aliphatic heterocycles. The lowest BCUT2D eigenvalue weighted by Crippen LogP contribution is -2.38. The van der Waals surface area contributed by atoms with Gasteiger partial charge in [-0.15, -0.1) is 0 Å². The summed E-state index contributed by atoms with van der Waals surface area (Å²) in [5.74, 6) is -0.714. The number of carbonyl (C=O) groups is 2. The fourth-order valence-electron chi connectivity index (χ4n) is 2.78. The molecule has 2 aromatic rings. The Bertz CT molecular complexity index is 767. The maximum atomic E-state index is 12.5. The number of nitrogens with zero attached hydrogens (tertiary/aromatic N) is 1. The summed E-state index contributed by atoms with van der Waals surface area (Å²) in [5, 5.41) is 0. The average Bonchev–Trinajstić information content (AvgIpc) is 3.04. The van der Waals surface area contributed by atoms with Gasteiger partial charge in [0.2, 0.25) is 0 Å². The van der Waals surface area contributed by atoms with Gasteiger partial charge < -0.3 is 9.64 Å². The molecule has 0 aliphatic carbocycles. The van der Waals surface area contributed by atoms with Crippen molar-refractivity contribution in [3.05, 3.63) is 71.8 Å². The lowest BCUT2D eigenvalue weighted by Gasteiger charge is -2.21. The highest BCUT2D eigenvalue weighted by molar-refractivity contribution is 6.00. The van der Waals surface area contributed by atoms with Crippen LogP contribution in [0.15, 0.2) is 60.7 Å². The summed E-state index contributed by atoms with van der Waals surface area (Å²) in [4.78, 5) is 26.1. The van der Waals surface area contributed by atoms with Gasteiger partial charge in [0.1, 0.15) is 0 Å². The van der Waals surface area contributed by atoms with Crippen molar-refractivity contribution in [1.82, 2.24) is 0 Å². The first-order valence-corrected chi connectivity index (χ1v) is 7.98. The quantitative estimate of drug-likeness (QED) is 0.641. The van der Waals surface area contributed by atoms with Gasteiger partial charge >= 0.3 is 5.97 Å². The van der Waals surface area contributed by atoms with Gasteiger partial charge in [0.25, 0.3) is 5.91 Å². The Hall–Kier alpha value is -2.88. The minimum Gasteiger partial charge on any atom is -0.449 e. The second-order valence-electron chi connectivity index (χ2n) is 5.69. The van der Waals surface area contributed by atoms with Crippen molar-refractivity contribution < 1.29 is 14.3 Å². The molecule has 24 heavy (non-hydrogen) atoms. The second-order valence-corrected chi connectivity index (χ2v) is 5.69. The lowest BCUT2D eigenvalue weighted by molar-refractivity contribution is -0.149. The Balaban J connectivity index is 1.61. The zero-order valence-corrected chi connectivity index (χ0v) is 13.5. The van der Waals surface area contributed by atoms with Gasteiger partial charge in [0.15, 0.2) is 6.10 Å². The van der Waals surface area contributed by atoms with E-state index in [1.54, 1.807) is 17.9 Å². The van der Waals surface area contributed by atoms with E-state index in [1.165, 1.54) is 6.08 Å². The molecule has 1 aliphatic rings. The second kappa shape index (κ2) is 7.13. The Labute approximate surface area is 141 Å². The normalized spacial score (nSPS) is 14.5. The molecule has 1 amide bonds. The molecule has 0 spiro atoms. The maximum absolute atomic E-state index is 12.5. The summed E-state index contributed by atoms with van der Waals surface area (Å²) < 4.78 is 5.24. The van der Waals surface area contributed by atoms with Crippen molar-refractivity contribution in [2.24, 2.45) is 0 Å². The highest BCUT2D eigenvalue weighted by Gasteiger charge is 2.29. The van der Waals surface area contributed by atoms with E-state index in [-0.39, 0.29) is 5.91 Å². The molecule has 0 radical (unpaired) electrons.